The van der Waals surface area contributed by atoms with E-state index in [2.05, 4.69) is 53.3 Å². The number of aromatic nitrogens is 2. The van der Waals surface area contributed by atoms with Gasteiger partial charge in [-0.3, -0.25) is 9.58 Å². The fourth-order valence-corrected chi connectivity index (χ4v) is 3.52. The van der Waals surface area contributed by atoms with Crippen LogP contribution in [0.15, 0.2) is 12.4 Å². The second-order valence-electron chi connectivity index (χ2n) is 5.92. The predicted octanol–water partition coefficient (Wildman–Crippen LogP) is 2.68. The van der Waals surface area contributed by atoms with E-state index in [1.807, 2.05) is 0 Å². The molecule has 1 saturated heterocycles. The molecule has 2 atom stereocenters. The van der Waals surface area contributed by atoms with E-state index >= 15 is 0 Å². The van der Waals surface area contributed by atoms with Gasteiger partial charge in [0.1, 0.15) is 0 Å². The molecular weight excluding hydrogens is 248 g/mol. The molecule has 0 bridgehead atoms. The van der Waals surface area contributed by atoms with Crippen LogP contribution in [0.4, 0.5) is 0 Å². The number of likely N-dealkylation sites (tertiary alicyclic amines) is 1. The van der Waals surface area contributed by atoms with Gasteiger partial charge in [0, 0.05) is 24.3 Å². The minimum absolute atomic E-state index is 0.533. The van der Waals surface area contributed by atoms with Crippen LogP contribution in [0.2, 0.25) is 0 Å². The molecule has 114 valence electrons. The third kappa shape index (κ3) is 3.61. The van der Waals surface area contributed by atoms with Crippen molar-refractivity contribution in [2.45, 2.75) is 52.1 Å². The van der Waals surface area contributed by atoms with Gasteiger partial charge in [-0.15, -0.1) is 0 Å². The van der Waals surface area contributed by atoms with E-state index in [9.17, 15) is 0 Å². The third-order valence-corrected chi connectivity index (χ3v) is 4.41. The smallest absolute Gasteiger partial charge is 0.0537 e. The molecule has 0 spiro atoms. The van der Waals surface area contributed by atoms with Crippen LogP contribution in [0, 0.1) is 5.92 Å². The maximum absolute atomic E-state index is 4.50. The number of rotatable bonds is 6. The molecule has 1 N–H and O–H groups in total. The Balaban J connectivity index is 2.25. The highest BCUT2D eigenvalue weighted by molar-refractivity contribution is 5.13. The van der Waals surface area contributed by atoms with Crippen LogP contribution < -0.4 is 5.32 Å². The minimum atomic E-state index is 0.533. The van der Waals surface area contributed by atoms with Gasteiger partial charge in [-0.25, -0.2) is 0 Å². The summed E-state index contributed by atoms with van der Waals surface area (Å²) in [5, 5.41) is 7.89. The van der Waals surface area contributed by atoms with Crippen molar-refractivity contribution in [3.63, 3.8) is 0 Å². The van der Waals surface area contributed by atoms with Crippen LogP contribution in [0.1, 0.15) is 51.1 Å². The number of hydrogen-bond acceptors (Lipinski definition) is 3. The maximum Gasteiger partial charge on any atom is 0.0537 e. The quantitative estimate of drug-likeness (QED) is 0.868. The molecule has 20 heavy (non-hydrogen) atoms. The highest BCUT2D eigenvalue weighted by Crippen LogP contribution is 2.34. The first-order valence-electron chi connectivity index (χ1n) is 8.21. The van der Waals surface area contributed by atoms with E-state index in [-0.39, 0.29) is 0 Å². The zero-order valence-corrected chi connectivity index (χ0v) is 13.3. The van der Waals surface area contributed by atoms with E-state index in [0.717, 1.165) is 13.1 Å². The lowest BCUT2D eigenvalue weighted by molar-refractivity contribution is 0.154. The zero-order valence-electron chi connectivity index (χ0n) is 13.3. The molecule has 1 aromatic rings. The van der Waals surface area contributed by atoms with Gasteiger partial charge in [0.25, 0.3) is 0 Å². The summed E-state index contributed by atoms with van der Waals surface area (Å²) in [6, 6.07) is 0.533. The van der Waals surface area contributed by atoms with Crippen molar-refractivity contribution < 1.29 is 0 Å². The summed E-state index contributed by atoms with van der Waals surface area (Å²) < 4.78 is 2.06. The summed E-state index contributed by atoms with van der Waals surface area (Å²) in [6.07, 6.45) is 9.57. The minimum Gasteiger partial charge on any atom is -0.319 e. The summed E-state index contributed by atoms with van der Waals surface area (Å²) in [5.41, 5.74) is 1.41. The van der Waals surface area contributed by atoms with Gasteiger partial charge < -0.3 is 5.32 Å². The average Bonchev–Trinajstić information content (AvgIpc) is 2.84. The Kier molecular flexibility index (Phi) is 6.05. The molecule has 4 heteroatoms. The summed E-state index contributed by atoms with van der Waals surface area (Å²) >= 11 is 0. The fraction of sp³-hybridized carbons (Fsp3) is 0.812. The summed E-state index contributed by atoms with van der Waals surface area (Å²) in [5.74, 6) is 0.698. The van der Waals surface area contributed by atoms with Gasteiger partial charge in [0.2, 0.25) is 0 Å². The molecule has 4 nitrogen and oxygen atoms in total. The molecule has 1 fully saturated rings. The Labute approximate surface area is 123 Å². The second kappa shape index (κ2) is 7.79. The number of hydrogen-bond donors (Lipinski definition) is 1. The van der Waals surface area contributed by atoms with Gasteiger partial charge in [-0.1, -0.05) is 13.3 Å². The van der Waals surface area contributed by atoms with E-state index in [4.69, 9.17) is 0 Å². The van der Waals surface area contributed by atoms with Crippen molar-refractivity contribution >= 4 is 0 Å². The molecule has 0 aliphatic carbocycles. The van der Waals surface area contributed by atoms with Crippen LogP contribution in [0.3, 0.4) is 0 Å². The molecule has 0 amide bonds. The van der Waals surface area contributed by atoms with Crippen molar-refractivity contribution in [3.8, 4) is 0 Å². The van der Waals surface area contributed by atoms with Gasteiger partial charge >= 0.3 is 0 Å². The summed E-state index contributed by atoms with van der Waals surface area (Å²) in [6.45, 7) is 8.92. The van der Waals surface area contributed by atoms with Crippen molar-refractivity contribution in [3.05, 3.63) is 18.0 Å². The fourth-order valence-electron chi connectivity index (χ4n) is 3.52. The molecule has 0 saturated carbocycles. The average molecular weight is 278 g/mol. The van der Waals surface area contributed by atoms with Crippen LogP contribution in [-0.4, -0.2) is 41.4 Å². The molecule has 0 radical (unpaired) electrons. The molecule has 2 unspecified atom stereocenters. The topological polar surface area (TPSA) is 33.1 Å². The lowest BCUT2D eigenvalue weighted by Gasteiger charge is -2.34. The van der Waals surface area contributed by atoms with Gasteiger partial charge in [-0.05, 0) is 58.8 Å². The van der Waals surface area contributed by atoms with Gasteiger partial charge in [0.05, 0.1) is 6.20 Å². The van der Waals surface area contributed by atoms with Crippen molar-refractivity contribution in [1.82, 2.24) is 20.0 Å². The molecule has 1 aliphatic rings. The number of nitrogens with one attached hydrogen (secondary N) is 1. The first-order valence-corrected chi connectivity index (χ1v) is 8.21. The first kappa shape index (κ1) is 15.5. The van der Waals surface area contributed by atoms with E-state index in [0.29, 0.717) is 12.0 Å². The van der Waals surface area contributed by atoms with Crippen LogP contribution in [0.25, 0.3) is 0 Å². The molecule has 0 aromatic carbocycles. The van der Waals surface area contributed by atoms with Crippen LogP contribution in [0.5, 0.6) is 0 Å². The summed E-state index contributed by atoms with van der Waals surface area (Å²) in [4.78, 5) is 2.69. The van der Waals surface area contributed by atoms with Crippen LogP contribution in [-0.2, 0) is 6.54 Å². The highest BCUT2D eigenvalue weighted by Gasteiger charge is 2.31. The Morgan fingerprint density at radius 1 is 1.35 bits per heavy atom. The monoisotopic (exact) mass is 278 g/mol. The molecule has 2 rings (SSSR count). The van der Waals surface area contributed by atoms with E-state index in [1.54, 1.807) is 0 Å². The standard InChI is InChI=1S/C16H30N4/c1-4-9-19-10-7-6-8-14(11-17-3)16(19)15-12-18-20(5-2)13-15/h12-14,16-17H,4-11H2,1-3H3. The van der Waals surface area contributed by atoms with Crippen molar-refractivity contribution in [1.29, 1.82) is 0 Å². The third-order valence-electron chi connectivity index (χ3n) is 4.41. The number of nitrogens with zero attached hydrogens (tertiary/aromatic N) is 3. The highest BCUT2D eigenvalue weighted by atomic mass is 15.3. The normalized spacial score (nSPS) is 24.8. The van der Waals surface area contributed by atoms with E-state index < -0.39 is 0 Å². The lowest BCUT2D eigenvalue weighted by atomic mass is 9.90. The van der Waals surface area contributed by atoms with Crippen molar-refractivity contribution in [2.24, 2.45) is 5.92 Å². The Morgan fingerprint density at radius 2 is 2.20 bits per heavy atom. The van der Waals surface area contributed by atoms with E-state index in [1.165, 1.54) is 44.3 Å². The Hall–Kier alpha value is -0.870. The SMILES string of the molecule is CCCN1CCCCC(CNC)C1c1cnn(CC)c1. The van der Waals surface area contributed by atoms with Gasteiger partial charge in [-0.2, -0.15) is 5.10 Å². The number of aryl methyl sites for hydroxylation is 1. The molecular formula is C16H30N4. The molecule has 2 heterocycles. The Bertz CT molecular complexity index is 372. The first-order chi connectivity index (χ1) is 9.80. The molecule has 1 aliphatic heterocycles. The van der Waals surface area contributed by atoms with Crippen molar-refractivity contribution in [2.75, 3.05) is 26.7 Å². The summed E-state index contributed by atoms with van der Waals surface area (Å²) in [7, 11) is 2.07. The van der Waals surface area contributed by atoms with Gasteiger partial charge in [0.15, 0.2) is 0 Å². The zero-order chi connectivity index (χ0) is 14.4. The lowest BCUT2D eigenvalue weighted by Crippen LogP contribution is -2.36. The molecule has 1 aromatic heterocycles. The predicted molar refractivity (Wildman–Crippen MR) is 83.8 cm³/mol. The maximum atomic E-state index is 4.50. The van der Waals surface area contributed by atoms with Crippen LogP contribution >= 0.6 is 0 Å². The largest absolute Gasteiger partial charge is 0.319 e. The Morgan fingerprint density at radius 3 is 2.85 bits per heavy atom. The second-order valence-corrected chi connectivity index (χ2v) is 5.92.